The molecule has 13 heavy (non-hydrogen) atoms. The molecule has 2 rings (SSSR count). The number of piperidine rings is 1. The average Bonchev–Trinajstić information content (AvgIpc) is 2.67. The summed E-state index contributed by atoms with van der Waals surface area (Å²) in [4.78, 5) is 0. The maximum atomic E-state index is 5.51. The molecule has 0 radical (unpaired) electrons. The Hall–Kier alpha value is -0.900. The molecule has 1 N–H and O–H groups in total. The summed E-state index contributed by atoms with van der Waals surface area (Å²) >= 11 is 0. The van der Waals surface area contributed by atoms with Gasteiger partial charge in [-0.1, -0.05) is 6.92 Å². The smallest absolute Gasteiger partial charge is 0.220 e. The predicted octanol–water partition coefficient (Wildman–Crippen LogP) is 1.10. The Morgan fingerprint density at radius 2 is 2.46 bits per heavy atom. The van der Waals surface area contributed by atoms with Crippen LogP contribution >= 0.6 is 0 Å². The third-order valence-corrected chi connectivity index (χ3v) is 2.43. The minimum atomic E-state index is 0.432. The van der Waals surface area contributed by atoms with E-state index in [1.165, 1.54) is 12.8 Å². The van der Waals surface area contributed by atoms with Crippen LogP contribution in [-0.2, 0) is 6.42 Å². The fourth-order valence-corrected chi connectivity index (χ4v) is 1.64. The summed E-state index contributed by atoms with van der Waals surface area (Å²) in [5, 5.41) is 11.4. The van der Waals surface area contributed by atoms with Gasteiger partial charge < -0.3 is 9.73 Å². The lowest BCUT2D eigenvalue weighted by Gasteiger charge is -2.18. The second kappa shape index (κ2) is 3.87. The molecule has 0 saturated carbocycles. The van der Waals surface area contributed by atoms with Crippen LogP contribution in [0, 0.1) is 0 Å². The maximum Gasteiger partial charge on any atom is 0.220 e. The van der Waals surface area contributed by atoms with E-state index in [4.69, 9.17) is 4.42 Å². The average molecular weight is 181 g/mol. The summed E-state index contributed by atoms with van der Waals surface area (Å²) in [6.07, 6.45) is 3.19. The zero-order valence-corrected chi connectivity index (χ0v) is 7.92. The lowest BCUT2D eigenvalue weighted by Crippen LogP contribution is -2.28. The largest absolute Gasteiger partial charge is 0.425 e. The second-order valence-electron chi connectivity index (χ2n) is 3.43. The Bertz CT molecular complexity index is 266. The van der Waals surface area contributed by atoms with E-state index >= 15 is 0 Å². The number of nitrogens with zero attached hydrogens (tertiary/aromatic N) is 2. The van der Waals surface area contributed by atoms with E-state index in [-0.39, 0.29) is 0 Å². The summed E-state index contributed by atoms with van der Waals surface area (Å²) in [6, 6.07) is 0. The third-order valence-electron chi connectivity index (χ3n) is 2.43. The maximum absolute atomic E-state index is 5.51. The molecular formula is C9H15N3O. The van der Waals surface area contributed by atoms with Crippen molar-refractivity contribution in [2.45, 2.75) is 32.1 Å². The van der Waals surface area contributed by atoms with Gasteiger partial charge in [-0.3, -0.25) is 0 Å². The molecule has 1 aromatic heterocycles. The van der Waals surface area contributed by atoms with E-state index in [1.807, 2.05) is 6.92 Å². The molecule has 0 unspecified atom stereocenters. The first kappa shape index (κ1) is 8.69. The summed E-state index contributed by atoms with van der Waals surface area (Å²) in [7, 11) is 0. The summed E-state index contributed by atoms with van der Waals surface area (Å²) in [5.41, 5.74) is 0. The summed E-state index contributed by atoms with van der Waals surface area (Å²) in [5.74, 6) is 1.99. The van der Waals surface area contributed by atoms with Crippen LogP contribution in [0.25, 0.3) is 0 Å². The van der Waals surface area contributed by atoms with E-state index in [9.17, 15) is 0 Å². The number of nitrogens with one attached hydrogen (secondary N) is 1. The highest BCUT2D eigenvalue weighted by molar-refractivity contribution is 4.94. The molecule has 1 aromatic rings. The van der Waals surface area contributed by atoms with E-state index in [1.54, 1.807) is 0 Å². The minimum absolute atomic E-state index is 0.432. The quantitative estimate of drug-likeness (QED) is 0.742. The predicted molar refractivity (Wildman–Crippen MR) is 48.5 cm³/mol. The van der Waals surface area contributed by atoms with E-state index in [0.717, 1.165) is 31.3 Å². The Morgan fingerprint density at radius 1 is 1.54 bits per heavy atom. The van der Waals surface area contributed by atoms with Crippen molar-refractivity contribution in [2.24, 2.45) is 0 Å². The van der Waals surface area contributed by atoms with Crippen LogP contribution in [-0.4, -0.2) is 23.3 Å². The molecule has 2 heterocycles. The van der Waals surface area contributed by atoms with Crippen LogP contribution < -0.4 is 5.32 Å². The molecule has 1 atom stereocenters. The Labute approximate surface area is 77.7 Å². The molecule has 0 aliphatic carbocycles. The molecule has 1 fully saturated rings. The van der Waals surface area contributed by atoms with Gasteiger partial charge in [-0.15, -0.1) is 10.2 Å². The summed E-state index contributed by atoms with van der Waals surface area (Å²) < 4.78 is 5.51. The first-order valence-electron chi connectivity index (χ1n) is 4.93. The lowest BCUT2D eigenvalue weighted by atomic mass is 10.00. The van der Waals surface area contributed by atoms with Crippen LogP contribution in [0.1, 0.15) is 37.5 Å². The molecule has 1 saturated heterocycles. The van der Waals surface area contributed by atoms with Crippen molar-refractivity contribution >= 4 is 0 Å². The highest BCUT2D eigenvalue weighted by Crippen LogP contribution is 2.21. The molecule has 1 aliphatic heterocycles. The zero-order valence-electron chi connectivity index (χ0n) is 7.92. The number of hydrogen-bond donors (Lipinski definition) is 1. The Morgan fingerprint density at radius 3 is 3.08 bits per heavy atom. The van der Waals surface area contributed by atoms with Gasteiger partial charge in [-0.25, -0.2) is 0 Å². The Balaban J connectivity index is 2.05. The SMILES string of the molecule is CCc1nnc([C@H]2CCCNC2)o1. The van der Waals surface area contributed by atoms with Crippen LogP contribution in [0.2, 0.25) is 0 Å². The zero-order chi connectivity index (χ0) is 9.10. The number of rotatable bonds is 2. The molecule has 4 heteroatoms. The summed E-state index contributed by atoms with van der Waals surface area (Å²) in [6.45, 7) is 4.12. The number of aryl methyl sites for hydroxylation is 1. The van der Waals surface area contributed by atoms with Crippen molar-refractivity contribution in [1.29, 1.82) is 0 Å². The van der Waals surface area contributed by atoms with E-state index in [0.29, 0.717) is 5.92 Å². The molecule has 1 aliphatic rings. The van der Waals surface area contributed by atoms with Gasteiger partial charge in [-0.05, 0) is 19.4 Å². The molecule has 0 amide bonds. The van der Waals surface area contributed by atoms with Gasteiger partial charge in [0.05, 0.1) is 0 Å². The van der Waals surface area contributed by atoms with Gasteiger partial charge in [0.2, 0.25) is 11.8 Å². The van der Waals surface area contributed by atoms with Crippen LogP contribution in [0.5, 0.6) is 0 Å². The third kappa shape index (κ3) is 1.88. The Kier molecular flexibility index (Phi) is 2.59. The number of aromatic nitrogens is 2. The lowest BCUT2D eigenvalue weighted by molar-refractivity contribution is 0.364. The van der Waals surface area contributed by atoms with Crippen molar-refractivity contribution in [3.8, 4) is 0 Å². The van der Waals surface area contributed by atoms with Gasteiger partial charge >= 0.3 is 0 Å². The van der Waals surface area contributed by atoms with Gasteiger partial charge in [-0.2, -0.15) is 0 Å². The fraction of sp³-hybridized carbons (Fsp3) is 0.778. The first-order valence-corrected chi connectivity index (χ1v) is 4.93. The van der Waals surface area contributed by atoms with Crippen molar-refractivity contribution in [2.75, 3.05) is 13.1 Å². The molecule has 0 aromatic carbocycles. The highest BCUT2D eigenvalue weighted by atomic mass is 16.4. The molecule has 4 nitrogen and oxygen atoms in total. The first-order chi connectivity index (χ1) is 6.40. The van der Waals surface area contributed by atoms with Gasteiger partial charge in [0.1, 0.15) is 0 Å². The standard InChI is InChI=1S/C9H15N3O/c1-2-8-11-12-9(13-8)7-4-3-5-10-6-7/h7,10H,2-6H2,1H3/t7-/m0/s1. The van der Waals surface area contributed by atoms with Crippen LogP contribution in [0.4, 0.5) is 0 Å². The molecular weight excluding hydrogens is 166 g/mol. The number of hydrogen-bond acceptors (Lipinski definition) is 4. The van der Waals surface area contributed by atoms with E-state index < -0.39 is 0 Å². The minimum Gasteiger partial charge on any atom is -0.425 e. The fourth-order valence-electron chi connectivity index (χ4n) is 1.64. The van der Waals surface area contributed by atoms with E-state index in [2.05, 4.69) is 15.5 Å². The van der Waals surface area contributed by atoms with Crippen molar-refractivity contribution in [3.63, 3.8) is 0 Å². The van der Waals surface area contributed by atoms with Crippen LogP contribution in [0.15, 0.2) is 4.42 Å². The topological polar surface area (TPSA) is 51.0 Å². The molecule has 0 spiro atoms. The normalized spacial score (nSPS) is 23.3. The molecule has 0 bridgehead atoms. The monoisotopic (exact) mass is 181 g/mol. The highest BCUT2D eigenvalue weighted by Gasteiger charge is 2.20. The van der Waals surface area contributed by atoms with Gasteiger partial charge in [0.15, 0.2) is 0 Å². The van der Waals surface area contributed by atoms with Crippen molar-refractivity contribution in [3.05, 3.63) is 11.8 Å². The molecule has 72 valence electrons. The van der Waals surface area contributed by atoms with Crippen molar-refractivity contribution in [1.82, 2.24) is 15.5 Å². The van der Waals surface area contributed by atoms with Crippen molar-refractivity contribution < 1.29 is 4.42 Å². The van der Waals surface area contributed by atoms with Gasteiger partial charge in [0.25, 0.3) is 0 Å². The van der Waals surface area contributed by atoms with Gasteiger partial charge in [0, 0.05) is 18.9 Å². The second-order valence-corrected chi connectivity index (χ2v) is 3.43. The van der Waals surface area contributed by atoms with Crippen LogP contribution in [0.3, 0.4) is 0 Å².